The van der Waals surface area contributed by atoms with E-state index in [4.69, 9.17) is 11.6 Å². The zero-order valence-corrected chi connectivity index (χ0v) is 16.5. The van der Waals surface area contributed by atoms with Crippen LogP contribution in [0.3, 0.4) is 0 Å². The van der Waals surface area contributed by atoms with Gasteiger partial charge in [0.25, 0.3) is 5.56 Å². The number of rotatable bonds is 7. The van der Waals surface area contributed by atoms with Crippen molar-refractivity contribution in [1.29, 1.82) is 0 Å². The molecule has 0 spiro atoms. The van der Waals surface area contributed by atoms with Gasteiger partial charge in [0.15, 0.2) is 5.16 Å². The number of hydrogen-bond donors (Lipinski definition) is 1. The van der Waals surface area contributed by atoms with E-state index in [2.05, 4.69) is 10.3 Å². The highest BCUT2D eigenvalue weighted by atomic mass is 35.5. The standard InChI is InChI=1S/C20H20ClN3O2S/c1-2-10-24-19(26)16-9-8-15(21)11-17(16)23-20(24)27-13-18(25)22-12-14-6-4-3-5-7-14/h3-9,11H,2,10,12-13H2,1H3,(H,22,25). The third-order valence-electron chi connectivity index (χ3n) is 3.99. The number of hydrogen-bond acceptors (Lipinski definition) is 4. The fraction of sp³-hybridized carbons (Fsp3) is 0.250. The molecule has 0 bridgehead atoms. The molecule has 140 valence electrons. The maximum absolute atomic E-state index is 12.8. The van der Waals surface area contributed by atoms with E-state index in [1.807, 2.05) is 37.3 Å². The second-order valence-corrected chi connectivity index (χ2v) is 7.44. The summed E-state index contributed by atoms with van der Waals surface area (Å²) in [6.07, 6.45) is 0.800. The van der Waals surface area contributed by atoms with Crippen molar-refractivity contribution in [2.24, 2.45) is 0 Å². The van der Waals surface area contributed by atoms with Gasteiger partial charge in [-0.2, -0.15) is 0 Å². The van der Waals surface area contributed by atoms with Crippen molar-refractivity contribution < 1.29 is 4.79 Å². The van der Waals surface area contributed by atoms with Crippen molar-refractivity contribution >= 4 is 40.2 Å². The molecule has 0 aliphatic rings. The molecule has 1 heterocycles. The van der Waals surface area contributed by atoms with Gasteiger partial charge >= 0.3 is 0 Å². The number of fused-ring (bicyclic) bond motifs is 1. The van der Waals surface area contributed by atoms with Crippen LogP contribution in [0, 0.1) is 0 Å². The summed E-state index contributed by atoms with van der Waals surface area (Å²) in [5, 5.41) is 4.48. The zero-order chi connectivity index (χ0) is 19.2. The molecule has 2 aromatic carbocycles. The normalized spacial score (nSPS) is 10.9. The predicted molar refractivity (Wildman–Crippen MR) is 110 cm³/mol. The lowest BCUT2D eigenvalue weighted by molar-refractivity contribution is -0.118. The summed E-state index contributed by atoms with van der Waals surface area (Å²) in [6, 6.07) is 14.8. The van der Waals surface area contributed by atoms with Gasteiger partial charge in [0.2, 0.25) is 5.91 Å². The highest BCUT2D eigenvalue weighted by molar-refractivity contribution is 7.99. The number of amides is 1. The van der Waals surface area contributed by atoms with E-state index in [0.29, 0.717) is 34.2 Å². The third kappa shape index (κ3) is 4.90. The Balaban J connectivity index is 1.75. The molecule has 3 aromatic rings. The smallest absolute Gasteiger partial charge is 0.262 e. The Morgan fingerprint density at radius 3 is 2.74 bits per heavy atom. The molecule has 0 saturated heterocycles. The van der Waals surface area contributed by atoms with E-state index < -0.39 is 0 Å². The van der Waals surface area contributed by atoms with Gasteiger partial charge in [-0.25, -0.2) is 4.98 Å². The fourth-order valence-corrected chi connectivity index (χ4v) is 3.70. The highest BCUT2D eigenvalue weighted by Gasteiger charge is 2.13. The number of benzene rings is 2. The summed E-state index contributed by atoms with van der Waals surface area (Å²) in [6.45, 7) is 3.03. The van der Waals surface area contributed by atoms with Crippen molar-refractivity contribution in [2.75, 3.05) is 5.75 Å². The molecule has 0 atom stereocenters. The first-order valence-electron chi connectivity index (χ1n) is 8.72. The molecule has 0 saturated carbocycles. The number of aromatic nitrogens is 2. The van der Waals surface area contributed by atoms with Crippen LogP contribution in [0.2, 0.25) is 5.02 Å². The monoisotopic (exact) mass is 401 g/mol. The molecule has 5 nitrogen and oxygen atoms in total. The predicted octanol–water partition coefficient (Wildman–Crippen LogP) is 3.87. The van der Waals surface area contributed by atoms with Gasteiger partial charge in [-0.05, 0) is 30.2 Å². The Bertz CT molecular complexity index is 1010. The minimum atomic E-state index is -0.106. The molecule has 0 unspecified atom stereocenters. The second kappa shape index (κ2) is 9.06. The molecule has 1 aromatic heterocycles. The van der Waals surface area contributed by atoms with Gasteiger partial charge in [0, 0.05) is 18.1 Å². The number of carbonyl (C=O) groups excluding carboxylic acids is 1. The SMILES string of the molecule is CCCn1c(SCC(=O)NCc2ccccc2)nc2cc(Cl)ccc2c1=O. The van der Waals surface area contributed by atoms with Crippen molar-refractivity contribution in [2.45, 2.75) is 31.6 Å². The van der Waals surface area contributed by atoms with E-state index in [1.54, 1.807) is 22.8 Å². The van der Waals surface area contributed by atoms with Crippen molar-refractivity contribution in [3.63, 3.8) is 0 Å². The van der Waals surface area contributed by atoms with Crippen LogP contribution in [0.25, 0.3) is 10.9 Å². The first-order valence-corrected chi connectivity index (χ1v) is 10.1. The number of halogens is 1. The van der Waals surface area contributed by atoms with E-state index >= 15 is 0 Å². The summed E-state index contributed by atoms with van der Waals surface area (Å²) in [5.74, 6) is 0.0852. The Kier molecular flexibility index (Phi) is 6.53. The van der Waals surface area contributed by atoms with Crippen molar-refractivity contribution in [1.82, 2.24) is 14.9 Å². The molecular formula is C20H20ClN3O2S. The van der Waals surface area contributed by atoms with Crippen LogP contribution in [0.4, 0.5) is 0 Å². The highest BCUT2D eigenvalue weighted by Crippen LogP contribution is 2.20. The first-order chi connectivity index (χ1) is 13.1. The van der Waals surface area contributed by atoms with Crippen LogP contribution >= 0.6 is 23.4 Å². The van der Waals surface area contributed by atoms with Gasteiger partial charge in [0.05, 0.1) is 16.7 Å². The van der Waals surface area contributed by atoms with Crippen LogP contribution in [0.15, 0.2) is 58.5 Å². The van der Waals surface area contributed by atoms with Crippen molar-refractivity contribution in [3.8, 4) is 0 Å². The van der Waals surface area contributed by atoms with E-state index in [1.165, 1.54) is 11.8 Å². The summed E-state index contributed by atoms with van der Waals surface area (Å²) in [5.41, 5.74) is 1.48. The van der Waals surface area contributed by atoms with Gasteiger partial charge < -0.3 is 5.32 Å². The number of carbonyl (C=O) groups is 1. The maximum Gasteiger partial charge on any atom is 0.262 e. The zero-order valence-electron chi connectivity index (χ0n) is 14.9. The van der Waals surface area contributed by atoms with Gasteiger partial charge in [-0.15, -0.1) is 0 Å². The molecule has 3 rings (SSSR count). The molecule has 0 aliphatic heterocycles. The minimum absolute atomic E-state index is 0.104. The Morgan fingerprint density at radius 2 is 2.00 bits per heavy atom. The molecule has 1 amide bonds. The number of nitrogens with zero attached hydrogens (tertiary/aromatic N) is 2. The van der Waals surface area contributed by atoms with Crippen LogP contribution in [-0.2, 0) is 17.9 Å². The fourth-order valence-electron chi connectivity index (χ4n) is 2.68. The molecule has 27 heavy (non-hydrogen) atoms. The molecule has 0 aliphatic carbocycles. The average molecular weight is 402 g/mol. The van der Waals surface area contributed by atoms with Crippen LogP contribution < -0.4 is 10.9 Å². The molecular weight excluding hydrogens is 382 g/mol. The largest absolute Gasteiger partial charge is 0.351 e. The van der Waals surface area contributed by atoms with Gasteiger partial charge in [-0.3, -0.25) is 14.2 Å². The lowest BCUT2D eigenvalue weighted by Crippen LogP contribution is -2.26. The maximum atomic E-state index is 12.8. The third-order valence-corrected chi connectivity index (χ3v) is 5.21. The minimum Gasteiger partial charge on any atom is -0.351 e. The van der Waals surface area contributed by atoms with E-state index in [-0.39, 0.29) is 17.2 Å². The van der Waals surface area contributed by atoms with E-state index in [0.717, 1.165) is 12.0 Å². The van der Waals surface area contributed by atoms with Crippen LogP contribution in [0.1, 0.15) is 18.9 Å². The molecule has 0 radical (unpaired) electrons. The summed E-state index contributed by atoms with van der Waals surface area (Å²) >= 11 is 7.29. The Morgan fingerprint density at radius 1 is 1.22 bits per heavy atom. The lowest BCUT2D eigenvalue weighted by Gasteiger charge is -2.12. The molecule has 1 N–H and O–H groups in total. The Labute approximate surface area is 166 Å². The summed E-state index contributed by atoms with van der Waals surface area (Å²) < 4.78 is 1.63. The first kappa shape index (κ1) is 19.5. The Hall–Kier alpha value is -2.31. The number of nitrogens with one attached hydrogen (secondary N) is 1. The lowest BCUT2D eigenvalue weighted by atomic mass is 10.2. The van der Waals surface area contributed by atoms with Crippen LogP contribution in [-0.4, -0.2) is 21.2 Å². The average Bonchev–Trinajstić information content (AvgIpc) is 2.68. The summed E-state index contributed by atoms with van der Waals surface area (Å²) in [7, 11) is 0. The molecule has 0 fully saturated rings. The van der Waals surface area contributed by atoms with Gasteiger partial charge in [0.1, 0.15) is 0 Å². The summed E-state index contributed by atoms with van der Waals surface area (Å²) in [4.78, 5) is 29.5. The van der Waals surface area contributed by atoms with E-state index in [9.17, 15) is 9.59 Å². The second-order valence-electron chi connectivity index (χ2n) is 6.06. The van der Waals surface area contributed by atoms with Gasteiger partial charge in [-0.1, -0.05) is 60.6 Å². The van der Waals surface area contributed by atoms with Crippen LogP contribution in [0.5, 0.6) is 0 Å². The molecule has 7 heteroatoms. The van der Waals surface area contributed by atoms with Crippen molar-refractivity contribution in [3.05, 3.63) is 69.5 Å². The quantitative estimate of drug-likeness (QED) is 0.482. The number of thioether (sulfide) groups is 1. The topological polar surface area (TPSA) is 64.0 Å².